The fourth-order valence-corrected chi connectivity index (χ4v) is 4.62. The van der Waals surface area contributed by atoms with E-state index in [0.717, 1.165) is 17.0 Å². The van der Waals surface area contributed by atoms with Crippen molar-refractivity contribution in [2.24, 2.45) is 0 Å². The van der Waals surface area contributed by atoms with Gasteiger partial charge in [0.25, 0.3) is 11.8 Å². The first-order valence-electron chi connectivity index (χ1n) is 12.4. The van der Waals surface area contributed by atoms with Crippen molar-refractivity contribution in [3.63, 3.8) is 0 Å². The lowest BCUT2D eigenvalue weighted by molar-refractivity contribution is -0.139. The highest BCUT2D eigenvalue weighted by Crippen LogP contribution is 2.39. The number of carbonyl (C=O) groups is 3. The molecule has 1 saturated heterocycles. The lowest BCUT2D eigenvalue weighted by atomic mass is 10.0. The van der Waals surface area contributed by atoms with Gasteiger partial charge in [0.2, 0.25) is 0 Å². The van der Waals surface area contributed by atoms with E-state index in [-0.39, 0.29) is 61.4 Å². The summed E-state index contributed by atoms with van der Waals surface area (Å²) in [5, 5.41) is 19.9. The van der Waals surface area contributed by atoms with Crippen LogP contribution in [-0.2, 0) is 25.2 Å². The number of halogens is 4. The number of benzene rings is 2. The number of ether oxygens (including phenoxy) is 2. The number of aliphatic carboxylic acids is 1. The average molecular weight is 611 g/mol. The predicted molar refractivity (Wildman–Crippen MR) is 145 cm³/mol. The molecular weight excluding hydrogens is 584 g/mol. The minimum absolute atomic E-state index is 0.0463. The number of thiocarbonyl (C=S) groups is 1. The lowest BCUT2D eigenvalue weighted by Crippen LogP contribution is -2.44. The van der Waals surface area contributed by atoms with Gasteiger partial charge in [0.05, 0.1) is 61.3 Å². The molecule has 1 heterocycles. The van der Waals surface area contributed by atoms with Gasteiger partial charge in [-0.3, -0.25) is 19.3 Å². The Morgan fingerprint density at radius 2 is 1.71 bits per heavy atom. The topological polar surface area (TPSA) is 132 Å². The van der Waals surface area contributed by atoms with Crippen LogP contribution in [0.3, 0.4) is 0 Å². The lowest BCUT2D eigenvalue weighted by Gasteiger charge is -2.29. The summed E-state index contributed by atoms with van der Waals surface area (Å²) in [4.78, 5) is 38.4. The van der Waals surface area contributed by atoms with E-state index in [1.165, 1.54) is 43.0 Å². The van der Waals surface area contributed by atoms with E-state index in [4.69, 9.17) is 32.1 Å². The Labute approximate surface area is 243 Å². The number of hydrogen-bond donors (Lipinski definition) is 2. The van der Waals surface area contributed by atoms with Gasteiger partial charge in [0.15, 0.2) is 5.11 Å². The van der Waals surface area contributed by atoms with E-state index >= 15 is 4.39 Å². The molecule has 42 heavy (non-hydrogen) atoms. The summed E-state index contributed by atoms with van der Waals surface area (Å²) in [7, 11) is 0. The number of hydrogen-bond acceptors (Lipinski definition) is 7. The van der Waals surface area contributed by atoms with Crippen LogP contribution >= 0.6 is 12.2 Å². The Bertz CT molecular complexity index is 1430. The summed E-state index contributed by atoms with van der Waals surface area (Å²) >= 11 is 5.44. The number of carbonyl (C=O) groups excluding carboxylic acids is 2. The van der Waals surface area contributed by atoms with Crippen molar-refractivity contribution in [2.45, 2.75) is 32.0 Å². The van der Waals surface area contributed by atoms with Gasteiger partial charge in [0.1, 0.15) is 11.4 Å². The van der Waals surface area contributed by atoms with Crippen LogP contribution in [-0.4, -0.2) is 66.5 Å². The summed E-state index contributed by atoms with van der Waals surface area (Å²) in [6.45, 7) is 3.45. The van der Waals surface area contributed by atoms with Crippen LogP contribution in [0.15, 0.2) is 36.4 Å². The van der Waals surface area contributed by atoms with Crippen molar-refractivity contribution in [1.29, 1.82) is 5.26 Å². The van der Waals surface area contributed by atoms with Crippen LogP contribution in [0.25, 0.3) is 0 Å². The summed E-state index contributed by atoms with van der Waals surface area (Å²) in [5.41, 5.74) is -3.71. The monoisotopic (exact) mass is 610 g/mol. The molecule has 1 fully saturated rings. The molecule has 0 aliphatic carbocycles. The number of nitrogens with one attached hydrogen (secondary N) is 1. The Kier molecular flexibility index (Phi) is 10.2. The van der Waals surface area contributed by atoms with E-state index in [1.807, 2.05) is 0 Å². The first-order chi connectivity index (χ1) is 19.7. The van der Waals surface area contributed by atoms with Crippen molar-refractivity contribution in [2.75, 3.05) is 42.8 Å². The molecule has 0 radical (unpaired) electrons. The Morgan fingerprint density at radius 3 is 2.31 bits per heavy atom. The second-order valence-corrected chi connectivity index (χ2v) is 9.81. The van der Waals surface area contributed by atoms with Crippen molar-refractivity contribution in [1.82, 2.24) is 5.32 Å². The Hall–Kier alpha value is -4.13. The molecule has 1 aliphatic heterocycles. The minimum atomic E-state index is -4.86. The number of anilines is 2. The maximum absolute atomic E-state index is 15.0. The van der Waals surface area contributed by atoms with Crippen molar-refractivity contribution in [3.05, 3.63) is 58.9 Å². The maximum atomic E-state index is 15.0. The number of alkyl halides is 3. The van der Waals surface area contributed by atoms with Crippen molar-refractivity contribution >= 4 is 46.5 Å². The summed E-state index contributed by atoms with van der Waals surface area (Å²) < 4.78 is 66.0. The van der Waals surface area contributed by atoms with Gasteiger partial charge < -0.3 is 24.8 Å². The molecule has 1 aliphatic rings. The van der Waals surface area contributed by atoms with Gasteiger partial charge in [-0.15, -0.1) is 0 Å². The molecule has 2 aromatic carbocycles. The number of carboxylic acids is 1. The van der Waals surface area contributed by atoms with E-state index < -0.39 is 46.4 Å². The zero-order valence-electron chi connectivity index (χ0n) is 22.5. The van der Waals surface area contributed by atoms with Gasteiger partial charge in [-0.05, 0) is 62.5 Å². The fraction of sp³-hybridized carbons (Fsp3) is 0.370. The van der Waals surface area contributed by atoms with Crippen LogP contribution in [0.5, 0.6) is 0 Å². The third-order valence-electron chi connectivity index (χ3n) is 6.17. The standard InChI is InChI=1S/C27H26F4N4O6S/c1-26(2)24(39)34(17-4-3-16(15-32)20(13-17)27(29,30)31)25(42)35(26)18-5-6-19(21(28)14-18)23(38)33-8-10-41-12-11-40-9-7-22(36)37/h3-6,13-14H,7-12H2,1-2H3,(H,33,38)(H,36,37). The molecule has 0 atom stereocenters. The third kappa shape index (κ3) is 7.19. The SMILES string of the molecule is CC1(C)C(=O)N(c2ccc(C#N)c(C(F)(F)F)c2)C(=S)N1c1ccc(C(=O)NCCOCCOCCC(=O)O)c(F)c1. The molecule has 2 N–H and O–H groups in total. The summed E-state index contributed by atoms with van der Waals surface area (Å²) in [6, 6.07) is 7.78. The molecule has 2 aromatic rings. The minimum Gasteiger partial charge on any atom is -0.481 e. The highest BCUT2D eigenvalue weighted by molar-refractivity contribution is 7.81. The van der Waals surface area contributed by atoms with Crippen LogP contribution in [0.2, 0.25) is 0 Å². The van der Waals surface area contributed by atoms with Crippen molar-refractivity contribution in [3.8, 4) is 6.07 Å². The van der Waals surface area contributed by atoms with E-state index in [2.05, 4.69) is 5.32 Å². The molecule has 2 amide bonds. The normalized spacial score (nSPS) is 14.7. The number of nitrogens with zero attached hydrogens (tertiary/aromatic N) is 3. The van der Waals surface area contributed by atoms with Gasteiger partial charge in [-0.1, -0.05) is 0 Å². The zero-order valence-corrected chi connectivity index (χ0v) is 23.3. The van der Waals surface area contributed by atoms with Crippen LogP contribution < -0.4 is 15.1 Å². The first-order valence-corrected chi connectivity index (χ1v) is 12.9. The number of carboxylic acid groups (broad SMARTS) is 1. The molecule has 15 heteroatoms. The second-order valence-electron chi connectivity index (χ2n) is 9.45. The van der Waals surface area contributed by atoms with Crippen LogP contribution in [0.1, 0.15) is 41.8 Å². The smallest absolute Gasteiger partial charge is 0.417 e. The number of nitriles is 1. The second kappa shape index (κ2) is 13.2. The quantitative estimate of drug-likeness (QED) is 0.209. The van der Waals surface area contributed by atoms with Gasteiger partial charge in [-0.25, -0.2) is 4.39 Å². The van der Waals surface area contributed by atoms with Gasteiger partial charge in [0, 0.05) is 12.2 Å². The first kappa shape index (κ1) is 32.4. The van der Waals surface area contributed by atoms with Crippen molar-refractivity contribution < 1.29 is 46.5 Å². The molecule has 3 rings (SSSR count). The zero-order chi connectivity index (χ0) is 31.2. The largest absolute Gasteiger partial charge is 0.481 e. The summed E-state index contributed by atoms with van der Waals surface area (Å²) in [5.74, 6) is -3.33. The molecule has 224 valence electrons. The molecular formula is C27H26F4N4O6S. The predicted octanol–water partition coefficient (Wildman–Crippen LogP) is 3.87. The molecule has 0 spiro atoms. The fourth-order valence-electron chi connectivity index (χ4n) is 4.10. The molecule has 0 bridgehead atoms. The average Bonchev–Trinajstić information content (AvgIpc) is 3.09. The number of rotatable bonds is 12. The van der Waals surface area contributed by atoms with Crippen LogP contribution in [0.4, 0.5) is 28.9 Å². The third-order valence-corrected chi connectivity index (χ3v) is 6.54. The Balaban J connectivity index is 1.69. The van der Waals surface area contributed by atoms with Crippen LogP contribution in [0, 0.1) is 17.1 Å². The summed E-state index contributed by atoms with van der Waals surface area (Å²) in [6.07, 6.45) is -4.99. The Morgan fingerprint density at radius 1 is 1.07 bits per heavy atom. The molecule has 0 saturated carbocycles. The van der Waals surface area contributed by atoms with Gasteiger partial charge in [-0.2, -0.15) is 18.4 Å². The molecule has 0 aromatic heterocycles. The van der Waals surface area contributed by atoms with Gasteiger partial charge >= 0.3 is 12.1 Å². The number of amides is 2. The highest BCUT2D eigenvalue weighted by atomic mass is 32.1. The molecule has 0 unspecified atom stereocenters. The van der Waals surface area contributed by atoms with E-state index in [9.17, 15) is 27.6 Å². The molecule has 10 nitrogen and oxygen atoms in total. The van der Waals surface area contributed by atoms with E-state index in [0.29, 0.717) is 6.07 Å². The maximum Gasteiger partial charge on any atom is 0.417 e. The van der Waals surface area contributed by atoms with E-state index in [1.54, 1.807) is 0 Å². The highest BCUT2D eigenvalue weighted by Gasteiger charge is 2.51.